The van der Waals surface area contributed by atoms with E-state index in [0.29, 0.717) is 23.9 Å². The van der Waals surface area contributed by atoms with Gasteiger partial charge in [0.2, 0.25) is 5.89 Å². The monoisotopic (exact) mass is 419 g/mol. The Morgan fingerprint density at radius 3 is 2.42 bits per heavy atom. The first kappa shape index (κ1) is 20.9. The minimum Gasteiger partial charge on any atom is -0.406 e. The van der Waals surface area contributed by atoms with E-state index >= 15 is 0 Å². The highest BCUT2D eigenvalue weighted by Crippen LogP contribution is 2.24. The predicted octanol–water partition coefficient (Wildman–Crippen LogP) is 3.84. The molecular weight excluding hydrogens is 390 g/mol. The second-order valence-electron chi connectivity index (χ2n) is 8.13. The van der Waals surface area contributed by atoms with Gasteiger partial charge in [0.25, 0.3) is 5.91 Å². The molecule has 162 valence electrons. The van der Waals surface area contributed by atoms with Gasteiger partial charge in [-0.05, 0) is 49.1 Å². The Morgan fingerprint density at radius 1 is 1.03 bits per heavy atom. The third-order valence-electron chi connectivity index (χ3n) is 5.59. The Kier molecular flexibility index (Phi) is 6.50. The molecule has 1 aromatic heterocycles. The molecule has 0 saturated carbocycles. The van der Waals surface area contributed by atoms with Gasteiger partial charge in [0.05, 0.1) is 0 Å². The van der Waals surface area contributed by atoms with E-state index in [-0.39, 0.29) is 5.91 Å². The van der Waals surface area contributed by atoms with E-state index in [0.717, 1.165) is 37.2 Å². The molecule has 1 fully saturated rings. The number of aromatic nitrogens is 2. The molecular formula is C24H29N5O2. The third-order valence-corrected chi connectivity index (χ3v) is 5.59. The van der Waals surface area contributed by atoms with Gasteiger partial charge in [-0.2, -0.15) is 0 Å². The van der Waals surface area contributed by atoms with Gasteiger partial charge in [-0.1, -0.05) is 35.4 Å². The fourth-order valence-corrected chi connectivity index (χ4v) is 3.78. The van der Waals surface area contributed by atoms with Crippen LogP contribution in [0.25, 0.3) is 0 Å². The molecule has 0 aliphatic carbocycles. The fourth-order valence-electron chi connectivity index (χ4n) is 3.78. The first-order valence-electron chi connectivity index (χ1n) is 10.8. The van der Waals surface area contributed by atoms with Crippen LogP contribution in [0.4, 0.5) is 11.7 Å². The van der Waals surface area contributed by atoms with E-state index in [2.05, 4.69) is 20.4 Å². The van der Waals surface area contributed by atoms with Gasteiger partial charge >= 0.3 is 6.01 Å². The van der Waals surface area contributed by atoms with E-state index in [1.807, 2.05) is 73.6 Å². The van der Waals surface area contributed by atoms with Crippen LogP contribution in [0.3, 0.4) is 0 Å². The molecule has 1 aliphatic rings. The second kappa shape index (κ2) is 9.64. The lowest BCUT2D eigenvalue weighted by Crippen LogP contribution is -2.30. The minimum atomic E-state index is -0.408. The van der Waals surface area contributed by atoms with Crippen LogP contribution in [0, 0.1) is 0 Å². The molecule has 2 aromatic carbocycles. The van der Waals surface area contributed by atoms with Crippen LogP contribution in [0.15, 0.2) is 59.0 Å². The number of piperidine rings is 1. The average molecular weight is 420 g/mol. The van der Waals surface area contributed by atoms with Crippen LogP contribution in [-0.2, 0) is 6.42 Å². The van der Waals surface area contributed by atoms with Gasteiger partial charge in [-0.3, -0.25) is 4.79 Å². The summed E-state index contributed by atoms with van der Waals surface area (Å²) < 4.78 is 6.03. The van der Waals surface area contributed by atoms with Crippen molar-refractivity contribution in [2.24, 2.45) is 0 Å². The number of anilines is 2. The van der Waals surface area contributed by atoms with E-state index in [9.17, 15) is 4.79 Å². The lowest BCUT2D eigenvalue weighted by molar-refractivity contribution is 0.0930. The Labute approximate surface area is 183 Å². The highest BCUT2D eigenvalue weighted by atomic mass is 16.4. The SMILES string of the molecule is CN(C)c1ccc(C(=O)N[C@H](Cc2ccccc2)c2nnc(N3CCCCC3)o2)cc1. The maximum atomic E-state index is 13.0. The number of amides is 1. The van der Waals surface area contributed by atoms with Crippen molar-refractivity contribution in [3.63, 3.8) is 0 Å². The molecule has 1 atom stereocenters. The van der Waals surface area contributed by atoms with Gasteiger partial charge < -0.3 is 19.5 Å². The number of hydrogen-bond acceptors (Lipinski definition) is 6. The summed E-state index contributed by atoms with van der Waals surface area (Å²) in [6.07, 6.45) is 4.07. The largest absolute Gasteiger partial charge is 0.406 e. The number of nitrogens with one attached hydrogen (secondary N) is 1. The van der Waals surface area contributed by atoms with E-state index in [4.69, 9.17) is 4.42 Å². The predicted molar refractivity (Wildman–Crippen MR) is 121 cm³/mol. The zero-order valence-electron chi connectivity index (χ0n) is 18.1. The highest BCUT2D eigenvalue weighted by Gasteiger charge is 2.24. The second-order valence-corrected chi connectivity index (χ2v) is 8.13. The molecule has 3 aromatic rings. The van der Waals surface area contributed by atoms with Crippen molar-refractivity contribution >= 4 is 17.6 Å². The van der Waals surface area contributed by atoms with Gasteiger partial charge in [0.15, 0.2) is 0 Å². The summed E-state index contributed by atoms with van der Waals surface area (Å²) in [5.74, 6) is 0.270. The topological polar surface area (TPSA) is 74.5 Å². The molecule has 0 unspecified atom stereocenters. The number of benzene rings is 2. The standard InChI is InChI=1S/C24H29N5O2/c1-28(2)20-13-11-19(12-14-20)22(30)25-21(17-18-9-5-3-6-10-18)23-26-27-24(31-23)29-15-7-4-8-16-29/h3,5-6,9-14,21H,4,7-8,15-17H2,1-2H3,(H,25,30)/t21-/m1/s1. The lowest BCUT2D eigenvalue weighted by atomic mass is 10.1. The number of carbonyl (C=O) groups is 1. The van der Waals surface area contributed by atoms with Crippen LogP contribution in [-0.4, -0.2) is 43.3 Å². The molecule has 1 saturated heterocycles. The first-order valence-corrected chi connectivity index (χ1v) is 10.8. The molecule has 31 heavy (non-hydrogen) atoms. The fraction of sp³-hybridized carbons (Fsp3) is 0.375. The van der Waals surface area contributed by atoms with Gasteiger partial charge in [0, 0.05) is 44.9 Å². The van der Waals surface area contributed by atoms with Gasteiger partial charge in [0.1, 0.15) is 6.04 Å². The summed E-state index contributed by atoms with van der Waals surface area (Å²) in [6.45, 7) is 1.85. The summed E-state index contributed by atoms with van der Waals surface area (Å²) in [6, 6.07) is 17.7. The van der Waals surface area contributed by atoms with Gasteiger partial charge in [-0.25, -0.2) is 0 Å². The summed E-state index contributed by atoms with van der Waals surface area (Å²) in [5, 5.41) is 11.7. The summed E-state index contributed by atoms with van der Waals surface area (Å²) in [7, 11) is 3.95. The maximum absolute atomic E-state index is 13.0. The molecule has 0 bridgehead atoms. The van der Waals surface area contributed by atoms with Crippen LogP contribution >= 0.6 is 0 Å². The zero-order chi connectivity index (χ0) is 21.6. The molecule has 1 N–H and O–H groups in total. The maximum Gasteiger partial charge on any atom is 0.318 e. The third kappa shape index (κ3) is 5.23. The smallest absolute Gasteiger partial charge is 0.318 e. The number of nitrogens with zero attached hydrogens (tertiary/aromatic N) is 4. The zero-order valence-corrected chi connectivity index (χ0v) is 18.1. The summed E-state index contributed by atoms with van der Waals surface area (Å²) in [5.41, 5.74) is 2.73. The highest BCUT2D eigenvalue weighted by molar-refractivity contribution is 5.94. The molecule has 0 spiro atoms. The molecule has 4 rings (SSSR count). The Balaban J connectivity index is 1.54. The van der Waals surface area contributed by atoms with Crippen molar-refractivity contribution in [3.8, 4) is 0 Å². The molecule has 2 heterocycles. The minimum absolute atomic E-state index is 0.163. The van der Waals surface area contributed by atoms with Crippen molar-refractivity contribution in [2.75, 3.05) is 37.0 Å². The van der Waals surface area contributed by atoms with Crippen LogP contribution in [0.1, 0.15) is 47.1 Å². The van der Waals surface area contributed by atoms with Crippen molar-refractivity contribution in [2.45, 2.75) is 31.7 Å². The lowest BCUT2D eigenvalue weighted by Gasteiger charge is -2.24. The Morgan fingerprint density at radius 2 is 1.74 bits per heavy atom. The number of rotatable bonds is 7. The molecule has 7 heteroatoms. The first-order chi connectivity index (χ1) is 15.1. The molecule has 1 aliphatic heterocycles. The average Bonchev–Trinajstić information content (AvgIpc) is 3.30. The van der Waals surface area contributed by atoms with Crippen molar-refractivity contribution in [1.29, 1.82) is 0 Å². The van der Waals surface area contributed by atoms with Crippen LogP contribution in [0.5, 0.6) is 0 Å². The molecule has 7 nitrogen and oxygen atoms in total. The molecule has 1 amide bonds. The van der Waals surface area contributed by atoms with E-state index in [1.165, 1.54) is 6.42 Å². The van der Waals surface area contributed by atoms with Gasteiger partial charge in [-0.15, -0.1) is 5.10 Å². The normalized spacial score (nSPS) is 14.8. The molecule has 0 radical (unpaired) electrons. The summed E-state index contributed by atoms with van der Waals surface area (Å²) in [4.78, 5) is 17.1. The number of carbonyl (C=O) groups excluding carboxylic acids is 1. The quantitative estimate of drug-likeness (QED) is 0.627. The summed E-state index contributed by atoms with van der Waals surface area (Å²) >= 11 is 0. The van der Waals surface area contributed by atoms with E-state index < -0.39 is 6.04 Å². The van der Waals surface area contributed by atoms with E-state index in [1.54, 1.807) is 0 Å². The van der Waals surface area contributed by atoms with Crippen LogP contribution in [0.2, 0.25) is 0 Å². The van der Waals surface area contributed by atoms with Crippen molar-refractivity contribution < 1.29 is 9.21 Å². The number of hydrogen-bond donors (Lipinski definition) is 1. The Bertz CT molecular complexity index is 979. The Hall–Kier alpha value is -3.35. The van der Waals surface area contributed by atoms with Crippen LogP contribution < -0.4 is 15.1 Å². The van der Waals surface area contributed by atoms with Crippen molar-refractivity contribution in [1.82, 2.24) is 15.5 Å². The van der Waals surface area contributed by atoms with Crippen molar-refractivity contribution in [3.05, 3.63) is 71.6 Å².